The van der Waals surface area contributed by atoms with Crippen LogP contribution in [0, 0.1) is 0 Å². The molecule has 0 spiro atoms. The molecule has 1 heterocycles. The van der Waals surface area contributed by atoms with E-state index < -0.39 is 0 Å². The number of ketones is 1. The van der Waals surface area contributed by atoms with Gasteiger partial charge in [0.25, 0.3) is 0 Å². The number of carbonyl (C=O) groups is 2. The Kier molecular flexibility index (Phi) is 5.95. The summed E-state index contributed by atoms with van der Waals surface area (Å²) in [6, 6.07) is 30.3. The van der Waals surface area contributed by atoms with Crippen LogP contribution in [-0.2, 0) is 5.41 Å². The van der Waals surface area contributed by atoms with E-state index in [1.54, 1.807) is 40.9 Å². The molecule has 5 rings (SSSR count). The second-order valence-electron chi connectivity index (χ2n) is 9.54. The number of rotatable bonds is 3. The van der Waals surface area contributed by atoms with Gasteiger partial charge < -0.3 is 5.32 Å². The number of carbonyl (C=O) groups excluding carboxylic acids is 2. The van der Waals surface area contributed by atoms with Gasteiger partial charge >= 0.3 is 6.03 Å². The standard InChI is InChI=1S/C30H26N2O2S/c1-30(2,3)22-17-15-20(16-18-22)28(33)21-9-8-10-23(19-21)31-29(34)32-24-11-4-6-13-26(24)35-27-14-7-5-12-25(27)32/h4-19H,1-3H3,(H,31,34). The SMILES string of the molecule is CC(C)(C)c1ccc(C(=O)c2cccc(NC(=O)N3c4ccccc4Sc4ccccc43)c2)cc1. The lowest BCUT2D eigenvalue weighted by Crippen LogP contribution is -2.32. The van der Waals surface area contributed by atoms with Crippen molar-refractivity contribution in [3.8, 4) is 0 Å². The van der Waals surface area contributed by atoms with Crippen LogP contribution in [0.3, 0.4) is 0 Å². The minimum Gasteiger partial charge on any atom is -0.307 e. The molecule has 0 fully saturated rings. The maximum absolute atomic E-state index is 13.5. The zero-order chi connectivity index (χ0) is 24.6. The van der Waals surface area contributed by atoms with Crippen LogP contribution >= 0.6 is 11.8 Å². The molecular weight excluding hydrogens is 452 g/mol. The number of nitrogens with one attached hydrogen (secondary N) is 1. The first-order chi connectivity index (χ1) is 16.8. The Morgan fingerprint density at radius 3 is 1.91 bits per heavy atom. The minimum atomic E-state index is -0.274. The number of amides is 2. The molecule has 1 aliphatic rings. The molecule has 174 valence electrons. The fraction of sp³-hybridized carbons (Fsp3) is 0.133. The molecule has 0 atom stereocenters. The van der Waals surface area contributed by atoms with Crippen LogP contribution in [0.4, 0.5) is 21.9 Å². The van der Waals surface area contributed by atoms with Crippen molar-refractivity contribution in [3.63, 3.8) is 0 Å². The second kappa shape index (κ2) is 9.08. The number of anilines is 3. The number of nitrogens with zero attached hydrogens (tertiary/aromatic N) is 1. The predicted molar refractivity (Wildman–Crippen MR) is 143 cm³/mol. The van der Waals surface area contributed by atoms with Crippen LogP contribution in [0.5, 0.6) is 0 Å². The van der Waals surface area contributed by atoms with E-state index in [0.717, 1.165) is 21.2 Å². The van der Waals surface area contributed by atoms with Crippen LogP contribution in [0.15, 0.2) is 107 Å². The van der Waals surface area contributed by atoms with Crippen molar-refractivity contribution < 1.29 is 9.59 Å². The summed E-state index contributed by atoms with van der Waals surface area (Å²) in [5, 5.41) is 2.99. The third-order valence-electron chi connectivity index (χ3n) is 6.02. The first-order valence-corrected chi connectivity index (χ1v) is 12.4. The molecule has 0 unspecified atom stereocenters. The van der Waals surface area contributed by atoms with Gasteiger partial charge in [-0.3, -0.25) is 9.69 Å². The summed E-state index contributed by atoms with van der Waals surface area (Å²) in [6.45, 7) is 6.44. The number of fused-ring (bicyclic) bond motifs is 2. The predicted octanol–water partition coefficient (Wildman–Crippen LogP) is 8.05. The van der Waals surface area contributed by atoms with Gasteiger partial charge in [0.05, 0.1) is 11.4 Å². The zero-order valence-electron chi connectivity index (χ0n) is 19.9. The Labute approximate surface area is 210 Å². The first-order valence-electron chi connectivity index (χ1n) is 11.5. The fourth-order valence-corrected chi connectivity index (χ4v) is 5.19. The second-order valence-corrected chi connectivity index (χ2v) is 10.6. The molecule has 1 N–H and O–H groups in total. The van der Waals surface area contributed by atoms with Gasteiger partial charge in [0.15, 0.2) is 5.78 Å². The molecule has 2 amide bonds. The van der Waals surface area contributed by atoms with E-state index in [4.69, 9.17) is 0 Å². The minimum absolute atomic E-state index is 0.0238. The van der Waals surface area contributed by atoms with Crippen molar-refractivity contribution in [1.82, 2.24) is 0 Å². The molecule has 0 saturated heterocycles. The Hall–Kier alpha value is -3.83. The van der Waals surface area contributed by atoms with E-state index >= 15 is 0 Å². The fourth-order valence-electron chi connectivity index (χ4n) is 4.13. The monoisotopic (exact) mass is 478 g/mol. The molecule has 1 aliphatic heterocycles. The molecular formula is C30H26N2O2S. The van der Waals surface area contributed by atoms with E-state index in [1.807, 2.05) is 72.8 Å². The molecule has 0 aliphatic carbocycles. The highest BCUT2D eigenvalue weighted by molar-refractivity contribution is 7.99. The molecule has 0 saturated carbocycles. The summed E-state index contributed by atoms with van der Waals surface area (Å²) in [5.74, 6) is -0.0772. The molecule has 4 nitrogen and oxygen atoms in total. The summed E-state index contributed by atoms with van der Waals surface area (Å²) in [4.78, 5) is 30.4. The van der Waals surface area contributed by atoms with Gasteiger partial charge in [0, 0.05) is 26.6 Å². The molecule has 4 aromatic carbocycles. The van der Waals surface area contributed by atoms with E-state index in [9.17, 15) is 9.59 Å². The molecule has 0 radical (unpaired) electrons. The normalized spacial score (nSPS) is 12.5. The maximum atomic E-state index is 13.5. The lowest BCUT2D eigenvalue weighted by Gasteiger charge is -2.31. The summed E-state index contributed by atoms with van der Waals surface area (Å²) >= 11 is 1.65. The lowest BCUT2D eigenvalue weighted by molar-refractivity contribution is 0.103. The van der Waals surface area contributed by atoms with Gasteiger partial charge in [-0.15, -0.1) is 0 Å². The van der Waals surface area contributed by atoms with Crippen molar-refractivity contribution in [2.45, 2.75) is 36.0 Å². The van der Waals surface area contributed by atoms with Crippen LogP contribution in [0.1, 0.15) is 42.3 Å². The average Bonchev–Trinajstić information content (AvgIpc) is 2.86. The number of benzene rings is 4. The molecule has 4 aromatic rings. The number of urea groups is 1. The Bertz CT molecular complexity index is 1380. The first kappa shape index (κ1) is 22.9. The van der Waals surface area contributed by atoms with Crippen LogP contribution in [0.2, 0.25) is 0 Å². The van der Waals surface area contributed by atoms with Crippen molar-refractivity contribution in [3.05, 3.63) is 114 Å². The Morgan fingerprint density at radius 2 is 1.31 bits per heavy atom. The highest BCUT2D eigenvalue weighted by Gasteiger charge is 2.28. The van der Waals surface area contributed by atoms with E-state index in [1.165, 1.54) is 5.56 Å². The average molecular weight is 479 g/mol. The smallest absolute Gasteiger partial charge is 0.307 e. The van der Waals surface area contributed by atoms with Crippen molar-refractivity contribution in [2.75, 3.05) is 10.2 Å². The summed E-state index contributed by atoms with van der Waals surface area (Å²) in [7, 11) is 0. The summed E-state index contributed by atoms with van der Waals surface area (Å²) < 4.78 is 0. The van der Waals surface area contributed by atoms with Gasteiger partial charge in [-0.1, -0.05) is 93.2 Å². The third-order valence-corrected chi connectivity index (χ3v) is 7.15. The van der Waals surface area contributed by atoms with Crippen molar-refractivity contribution >= 4 is 40.6 Å². The van der Waals surface area contributed by atoms with Crippen LogP contribution < -0.4 is 10.2 Å². The number of hydrogen-bond acceptors (Lipinski definition) is 3. The van der Waals surface area contributed by atoms with Gasteiger partial charge in [-0.2, -0.15) is 0 Å². The summed E-state index contributed by atoms with van der Waals surface area (Å²) in [5.41, 5.74) is 4.59. The Balaban J connectivity index is 1.41. The molecule has 5 heteroatoms. The quantitative estimate of drug-likeness (QED) is 0.303. The lowest BCUT2D eigenvalue weighted by atomic mass is 9.86. The van der Waals surface area contributed by atoms with Crippen molar-refractivity contribution in [1.29, 1.82) is 0 Å². The summed E-state index contributed by atoms with van der Waals surface area (Å²) in [6.07, 6.45) is 0. The van der Waals surface area contributed by atoms with Gasteiger partial charge in [0.2, 0.25) is 0 Å². The van der Waals surface area contributed by atoms with Gasteiger partial charge in [-0.05, 0) is 47.4 Å². The van der Waals surface area contributed by atoms with E-state index in [-0.39, 0.29) is 17.2 Å². The molecule has 0 aromatic heterocycles. The maximum Gasteiger partial charge on any atom is 0.331 e. The zero-order valence-corrected chi connectivity index (χ0v) is 20.7. The number of hydrogen-bond donors (Lipinski definition) is 1. The Morgan fingerprint density at radius 1 is 0.714 bits per heavy atom. The topological polar surface area (TPSA) is 49.4 Å². The highest BCUT2D eigenvalue weighted by atomic mass is 32.2. The van der Waals surface area contributed by atoms with Gasteiger partial charge in [-0.25, -0.2) is 4.79 Å². The van der Waals surface area contributed by atoms with Gasteiger partial charge in [0.1, 0.15) is 0 Å². The van der Waals surface area contributed by atoms with Crippen LogP contribution in [-0.4, -0.2) is 11.8 Å². The molecule has 0 bridgehead atoms. The third kappa shape index (κ3) is 4.60. The number of para-hydroxylation sites is 2. The molecule has 35 heavy (non-hydrogen) atoms. The highest BCUT2D eigenvalue weighted by Crippen LogP contribution is 2.48. The van der Waals surface area contributed by atoms with Crippen molar-refractivity contribution in [2.24, 2.45) is 0 Å². The van der Waals surface area contributed by atoms with Crippen LogP contribution in [0.25, 0.3) is 0 Å². The largest absolute Gasteiger partial charge is 0.331 e. The van der Waals surface area contributed by atoms with E-state index in [0.29, 0.717) is 16.8 Å². The van der Waals surface area contributed by atoms with E-state index in [2.05, 4.69) is 26.1 Å².